The van der Waals surface area contributed by atoms with E-state index in [0.29, 0.717) is 28.6 Å². The molecular weight excluding hydrogens is 512 g/mol. The smallest absolute Gasteiger partial charge is 0.342 e. The van der Waals surface area contributed by atoms with Gasteiger partial charge in [0.05, 0.1) is 14.2 Å². The lowest BCUT2D eigenvalue weighted by atomic mass is 10.2. The zero-order valence-corrected chi connectivity index (χ0v) is 19.8. The molecule has 8 nitrogen and oxygen atoms in total. The maximum absolute atomic E-state index is 11.8. The third-order valence-corrected chi connectivity index (χ3v) is 5.77. The first-order valence-electron chi connectivity index (χ1n) is 9.50. The van der Waals surface area contributed by atoms with Gasteiger partial charge in [0.25, 0.3) is 5.22 Å². The molecule has 0 unspecified atom stereocenters. The lowest BCUT2D eigenvalue weighted by molar-refractivity contribution is -0.131. The van der Waals surface area contributed by atoms with E-state index in [9.17, 15) is 9.90 Å². The van der Waals surface area contributed by atoms with E-state index >= 15 is 0 Å². The third kappa shape index (κ3) is 5.47. The Morgan fingerprint density at radius 2 is 1.76 bits per heavy atom. The van der Waals surface area contributed by atoms with Gasteiger partial charge in [0, 0.05) is 27.7 Å². The number of ether oxygens (including phenoxy) is 2. The summed E-state index contributed by atoms with van der Waals surface area (Å²) >= 11 is 4.25. The molecule has 0 aliphatic rings. The van der Waals surface area contributed by atoms with Crippen molar-refractivity contribution in [3.63, 3.8) is 0 Å². The number of rotatable bonds is 8. The Hall–Kier alpha value is -3.50. The highest BCUT2D eigenvalue weighted by atomic mass is 79.9. The predicted molar refractivity (Wildman–Crippen MR) is 126 cm³/mol. The van der Waals surface area contributed by atoms with Crippen LogP contribution in [0, 0.1) is 0 Å². The number of hydrogen-bond acceptors (Lipinski definition) is 8. The lowest BCUT2D eigenvalue weighted by Gasteiger charge is -2.05. The van der Waals surface area contributed by atoms with E-state index in [2.05, 4.69) is 26.1 Å². The fraction of sp³-hybridized carbons (Fsp3) is 0.0870. The average molecular weight is 529 g/mol. The number of carbonyl (C=O) groups is 1. The van der Waals surface area contributed by atoms with Crippen molar-refractivity contribution < 1.29 is 28.2 Å². The summed E-state index contributed by atoms with van der Waals surface area (Å²) in [6.45, 7) is 0. The van der Waals surface area contributed by atoms with Gasteiger partial charge in [-0.3, -0.25) is 0 Å². The van der Waals surface area contributed by atoms with Crippen LogP contribution in [0.3, 0.4) is 0 Å². The zero-order valence-electron chi connectivity index (χ0n) is 17.4. The molecule has 2 heterocycles. The first-order chi connectivity index (χ1) is 15.9. The molecule has 10 heteroatoms. The first-order valence-corrected chi connectivity index (χ1v) is 11.1. The van der Waals surface area contributed by atoms with Crippen LogP contribution in [-0.2, 0) is 4.79 Å². The van der Waals surface area contributed by atoms with Crippen molar-refractivity contribution in [1.29, 1.82) is 0 Å². The van der Waals surface area contributed by atoms with Gasteiger partial charge in [-0.05, 0) is 48.2 Å². The maximum Gasteiger partial charge on any atom is 0.342 e. The highest BCUT2D eigenvalue weighted by Crippen LogP contribution is 2.34. The number of carboxylic acid groups (broad SMARTS) is 1. The monoisotopic (exact) mass is 528 g/mol. The van der Waals surface area contributed by atoms with E-state index in [1.807, 2.05) is 24.3 Å². The minimum Gasteiger partial charge on any atom is -0.497 e. The number of aromatic nitrogens is 2. The Kier molecular flexibility index (Phi) is 6.85. The summed E-state index contributed by atoms with van der Waals surface area (Å²) in [7, 11) is 3.07. The maximum atomic E-state index is 11.8. The lowest BCUT2D eigenvalue weighted by Crippen LogP contribution is -1.96. The molecule has 1 N–H and O–H groups in total. The molecule has 2 aromatic carbocycles. The van der Waals surface area contributed by atoms with Gasteiger partial charge in [0.1, 0.15) is 27.9 Å². The molecule has 0 fully saturated rings. The van der Waals surface area contributed by atoms with Crippen molar-refractivity contribution in [3.8, 4) is 34.3 Å². The number of nitrogens with zero attached hydrogens (tertiary/aromatic N) is 2. The Morgan fingerprint density at radius 3 is 2.42 bits per heavy atom. The van der Waals surface area contributed by atoms with Crippen LogP contribution in [0.25, 0.3) is 28.9 Å². The fourth-order valence-corrected chi connectivity index (χ4v) is 3.94. The summed E-state index contributed by atoms with van der Waals surface area (Å²) < 4.78 is 22.9. The molecule has 0 saturated carbocycles. The summed E-state index contributed by atoms with van der Waals surface area (Å²) in [5.74, 6) is 1.16. The SMILES string of the molecule is COc1cc(OC)cc(-c2nnc(S/C(=C\c3ccc(-c4cccc(Br)c4)o3)C(=O)O)o2)c1. The van der Waals surface area contributed by atoms with Crippen LogP contribution in [-0.4, -0.2) is 35.5 Å². The Bertz CT molecular complexity index is 1310. The van der Waals surface area contributed by atoms with Gasteiger partial charge >= 0.3 is 5.97 Å². The number of aliphatic carboxylic acids is 1. The summed E-state index contributed by atoms with van der Waals surface area (Å²) in [6, 6.07) is 16.2. The molecule has 0 spiro atoms. The number of furan rings is 1. The molecule has 168 valence electrons. The molecular formula is C23H17BrN2O6S. The number of thioether (sulfide) groups is 1. The van der Waals surface area contributed by atoms with E-state index < -0.39 is 5.97 Å². The Morgan fingerprint density at radius 1 is 1.00 bits per heavy atom. The van der Waals surface area contributed by atoms with Gasteiger partial charge in [-0.25, -0.2) is 4.79 Å². The van der Waals surface area contributed by atoms with Gasteiger partial charge in [0.15, 0.2) is 0 Å². The normalized spacial score (nSPS) is 11.4. The third-order valence-electron chi connectivity index (χ3n) is 4.42. The predicted octanol–water partition coefficient (Wildman–Crippen LogP) is 5.99. The van der Waals surface area contributed by atoms with E-state index in [0.717, 1.165) is 21.8 Å². The van der Waals surface area contributed by atoms with Crippen LogP contribution in [0.5, 0.6) is 11.5 Å². The molecule has 0 radical (unpaired) electrons. The van der Waals surface area contributed by atoms with Gasteiger partial charge in [-0.15, -0.1) is 10.2 Å². The highest BCUT2D eigenvalue weighted by molar-refractivity contribution is 9.10. The standard InChI is InChI=1S/C23H17BrN2O6S/c1-29-17-9-14(10-18(11-17)30-2)21-25-26-23(32-21)33-20(22(27)28)12-16-6-7-19(31-16)13-4-3-5-15(24)8-13/h3-12H,1-2H3,(H,27,28)/b20-12-. The summed E-state index contributed by atoms with van der Waals surface area (Å²) in [4.78, 5) is 11.8. The second-order valence-corrected chi connectivity index (χ2v) is 8.51. The van der Waals surface area contributed by atoms with Crippen molar-refractivity contribution >= 4 is 39.7 Å². The van der Waals surface area contributed by atoms with Crippen LogP contribution in [0.1, 0.15) is 5.76 Å². The number of hydrogen-bond donors (Lipinski definition) is 1. The average Bonchev–Trinajstić information content (AvgIpc) is 3.48. The van der Waals surface area contributed by atoms with Gasteiger partial charge in [-0.1, -0.05) is 28.1 Å². The van der Waals surface area contributed by atoms with E-state index in [1.54, 1.807) is 30.3 Å². The zero-order chi connectivity index (χ0) is 23.4. The van der Waals surface area contributed by atoms with Crippen molar-refractivity contribution in [2.24, 2.45) is 0 Å². The quantitative estimate of drug-likeness (QED) is 0.217. The summed E-state index contributed by atoms with van der Waals surface area (Å²) in [5, 5.41) is 17.7. The minimum absolute atomic E-state index is 0.0384. The van der Waals surface area contributed by atoms with Crippen LogP contribution < -0.4 is 9.47 Å². The number of benzene rings is 2. The fourth-order valence-electron chi connectivity index (χ4n) is 2.88. The number of methoxy groups -OCH3 is 2. The molecule has 0 amide bonds. The molecule has 4 aromatic rings. The minimum atomic E-state index is -1.15. The summed E-state index contributed by atoms with van der Waals surface area (Å²) in [5.41, 5.74) is 1.44. The topological polar surface area (TPSA) is 108 Å². The number of carboxylic acids is 1. The summed E-state index contributed by atoms with van der Waals surface area (Å²) in [6.07, 6.45) is 1.41. The second kappa shape index (κ2) is 9.97. The van der Waals surface area contributed by atoms with E-state index in [-0.39, 0.29) is 16.0 Å². The van der Waals surface area contributed by atoms with E-state index in [4.69, 9.17) is 18.3 Å². The molecule has 0 atom stereocenters. The first kappa shape index (κ1) is 22.7. The molecule has 0 saturated heterocycles. The van der Waals surface area contributed by atoms with Crippen molar-refractivity contribution in [3.05, 3.63) is 69.7 Å². The Balaban J connectivity index is 1.57. The molecule has 4 rings (SSSR count). The van der Waals surface area contributed by atoms with Gasteiger partial charge < -0.3 is 23.4 Å². The van der Waals surface area contributed by atoms with Crippen molar-refractivity contribution in [2.75, 3.05) is 14.2 Å². The Labute approximate surface area is 201 Å². The molecule has 2 aromatic heterocycles. The van der Waals surface area contributed by atoms with Crippen LogP contribution in [0.4, 0.5) is 0 Å². The molecule has 33 heavy (non-hydrogen) atoms. The second-order valence-electron chi connectivity index (χ2n) is 6.60. The van der Waals surface area contributed by atoms with E-state index in [1.165, 1.54) is 20.3 Å². The molecule has 0 bridgehead atoms. The van der Waals surface area contributed by atoms with Gasteiger partial charge in [-0.2, -0.15) is 0 Å². The number of halogens is 1. The highest BCUT2D eigenvalue weighted by Gasteiger charge is 2.18. The largest absolute Gasteiger partial charge is 0.497 e. The van der Waals surface area contributed by atoms with Crippen LogP contribution in [0.15, 0.2) is 78.0 Å². The van der Waals surface area contributed by atoms with Crippen molar-refractivity contribution in [2.45, 2.75) is 5.22 Å². The van der Waals surface area contributed by atoms with Crippen LogP contribution in [0.2, 0.25) is 0 Å². The van der Waals surface area contributed by atoms with Gasteiger partial charge in [0.2, 0.25) is 5.89 Å². The van der Waals surface area contributed by atoms with Crippen molar-refractivity contribution in [1.82, 2.24) is 10.2 Å². The van der Waals surface area contributed by atoms with Crippen LogP contribution >= 0.6 is 27.7 Å². The molecule has 0 aliphatic carbocycles. The molecule has 0 aliphatic heterocycles.